The van der Waals surface area contributed by atoms with Gasteiger partial charge in [-0.05, 0) is 17.9 Å². The summed E-state index contributed by atoms with van der Waals surface area (Å²) >= 11 is 0. The number of rotatable bonds is 4. The number of amides is 1. The van der Waals surface area contributed by atoms with E-state index in [0.29, 0.717) is 25.2 Å². The summed E-state index contributed by atoms with van der Waals surface area (Å²) in [6.07, 6.45) is 2.25. The van der Waals surface area contributed by atoms with Crippen molar-refractivity contribution in [3.63, 3.8) is 0 Å². The molecule has 0 aliphatic carbocycles. The summed E-state index contributed by atoms with van der Waals surface area (Å²) in [6, 6.07) is 9.38. The zero-order valence-electron chi connectivity index (χ0n) is 12.0. The molecule has 1 aliphatic rings. The molecular formula is C15H17N3O3S. The fraction of sp³-hybridized carbons (Fsp3) is 0.333. The van der Waals surface area contributed by atoms with Gasteiger partial charge < -0.3 is 5.32 Å². The number of fused-ring (bicyclic) bond motifs is 1. The predicted octanol–water partition coefficient (Wildman–Crippen LogP) is 1.00. The van der Waals surface area contributed by atoms with Crippen molar-refractivity contribution in [3.05, 3.63) is 42.2 Å². The van der Waals surface area contributed by atoms with Gasteiger partial charge in [-0.3, -0.25) is 9.78 Å². The first-order valence-corrected chi connectivity index (χ1v) is 8.79. The molecule has 1 saturated heterocycles. The number of carbonyl (C=O) groups is 1. The molecule has 1 fully saturated rings. The Morgan fingerprint density at radius 2 is 2.09 bits per heavy atom. The molecule has 0 bridgehead atoms. The third-order valence-corrected chi connectivity index (χ3v) is 5.70. The quantitative estimate of drug-likeness (QED) is 0.912. The van der Waals surface area contributed by atoms with Crippen molar-refractivity contribution < 1.29 is 13.2 Å². The average molecular weight is 319 g/mol. The van der Waals surface area contributed by atoms with Crippen molar-refractivity contribution >= 4 is 26.7 Å². The molecule has 1 N–H and O–H groups in total. The normalized spacial score (nSPS) is 17.6. The smallest absolute Gasteiger partial charge is 0.270 e. The maximum Gasteiger partial charge on any atom is 0.270 e. The SMILES string of the molecule is O=C(NCCN1CCCS1(=O)=O)c1nccc2ccccc12. The fourth-order valence-electron chi connectivity index (χ4n) is 2.62. The maximum atomic E-state index is 12.3. The number of pyridine rings is 1. The Hall–Kier alpha value is -1.99. The van der Waals surface area contributed by atoms with Crippen LogP contribution in [0.25, 0.3) is 10.8 Å². The highest BCUT2D eigenvalue weighted by Gasteiger charge is 2.27. The van der Waals surface area contributed by atoms with E-state index in [-0.39, 0.29) is 18.2 Å². The van der Waals surface area contributed by atoms with Crippen LogP contribution in [0.2, 0.25) is 0 Å². The lowest BCUT2D eigenvalue weighted by Gasteiger charge is -2.14. The molecule has 2 aromatic rings. The summed E-state index contributed by atoms with van der Waals surface area (Å²) in [7, 11) is -3.12. The Morgan fingerprint density at radius 3 is 2.86 bits per heavy atom. The van der Waals surface area contributed by atoms with Gasteiger partial charge in [-0.1, -0.05) is 24.3 Å². The highest BCUT2D eigenvalue weighted by Crippen LogP contribution is 2.16. The van der Waals surface area contributed by atoms with Crippen LogP contribution in [0.4, 0.5) is 0 Å². The van der Waals surface area contributed by atoms with Gasteiger partial charge in [0.05, 0.1) is 5.75 Å². The first kappa shape index (κ1) is 14.9. The molecule has 6 nitrogen and oxygen atoms in total. The van der Waals surface area contributed by atoms with Crippen LogP contribution in [0.3, 0.4) is 0 Å². The van der Waals surface area contributed by atoms with E-state index in [4.69, 9.17) is 0 Å². The summed E-state index contributed by atoms with van der Waals surface area (Å²) in [6.45, 7) is 1.12. The monoisotopic (exact) mass is 319 g/mol. The van der Waals surface area contributed by atoms with Crippen molar-refractivity contribution in [3.8, 4) is 0 Å². The number of nitrogens with zero attached hydrogens (tertiary/aromatic N) is 2. The van der Waals surface area contributed by atoms with Gasteiger partial charge in [0.1, 0.15) is 5.69 Å². The van der Waals surface area contributed by atoms with E-state index >= 15 is 0 Å². The van der Waals surface area contributed by atoms with E-state index in [1.807, 2.05) is 30.3 Å². The molecule has 0 saturated carbocycles. The van der Waals surface area contributed by atoms with E-state index < -0.39 is 10.0 Å². The lowest BCUT2D eigenvalue weighted by molar-refractivity contribution is 0.0948. The molecule has 0 atom stereocenters. The number of sulfonamides is 1. The largest absolute Gasteiger partial charge is 0.349 e. The van der Waals surface area contributed by atoms with Gasteiger partial charge >= 0.3 is 0 Å². The van der Waals surface area contributed by atoms with Gasteiger partial charge in [-0.2, -0.15) is 0 Å². The van der Waals surface area contributed by atoms with Crippen LogP contribution >= 0.6 is 0 Å². The molecule has 0 radical (unpaired) electrons. The number of carbonyl (C=O) groups excluding carboxylic acids is 1. The van der Waals surface area contributed by atoms with Crippen LogP contribution in [-0.2, 0) is 10.0 Å². The molecular weight excluding hydrogens is 302 g/mol. The van der Waals surface area contributed by atoms with Crippen LogP contribution < -0.4 is 5.32 Å². The van der Waals surface area contributed by atoms with Crippen LogP contribution in [0.5, 0.6) is 0 Å². The van der Waals surface area contributed by atoms with Crippen LogP contribution in [0.1, 0.15) is 16.9 Å². The van der Waals surface area contributed by atoms with Crippen molar-refractivity contribution in [1.29, 1.82) is 0 Å². The van der Waals surface area contributed by atoms with Crippen LogP contribution in [0.15, 0.2) is 36.5 Å². The molecule has 116 valence electrons. The third-order valence-electron chi connectivity index (χ3n) is 3.74. The van der Waals surface area contributed by atoms with Gasteiger partial charge in [0, 0.05) is 31.2 Å². The fourth-order valence-corrected chi connectivity index (χ4v) is 4.15. The Kier molecular flexibility index (Phi) is 4.08. The molecule has 1 aromatic carbocycles. The molecule has 22 heavy (non-hydrogen) atoms. The number of hydrogen-bond donors (Lipinski definition) is 1. The van der Waals surface area contributed by atoms with Crippen molar-refractivity contribution in [2.24, 2.45) is 0 Å². The molecule has 1 amide bonds. The number of nitrogens with one attached hydrogen (secondary N) is 1. The second-order valence-corrected chi connectivity index (χ2v) is 7.29. The van der Waals surface area contributed by atoms with Gasteiger partial charge in [-0.25, -0.2) is 12.7 Å². The minimum absolute atomic E-state index is 0.200. The summed E-state index contributed by atoms with van der Waals surface area (Å²) in [5, 5.41) is 4.49. The third kappa shape index (κ3) is 2.95. The maximum absolute atomic E-state index is 12.3. The second kappa shape index (κ2) is 6.02. The van der Waals surface area contributed by atoms with Gasteiger partial charge in [0.15, 0.2) is 0 Å². The number of benzene rings is 1. The van der Waals surface area contributed by atoms with E-state index in [0.717, 1.165) is 10.8 Å². The van der Waals surface area contributed by atoms with E-state index in [9.17, 15) is 13.2 Å². The van der Waals surface area contributed by atoms with Crippen molar-refractivity contribution in [1.82, 2.24) is 14.6 Å². The second-order valence-electron chi connectivity index (χ2n) is 5.21. The summed E-state index contributed by atoms with van der Waals surface area (Å²) in [4.78, 5) is 16.4. The summed E-state index contributed by atoms with van der Waals surface area (Å²) in [5.41, 5.74) is 0.363. The Bertz CT molecular complexity index is 799. The first-order chi connectivity index (χ1) is 10.6. The lowest BCUT2D eigenvalue weighted by Crippen LogP contribution is -2.36. The lowest BCUT2D eigenvalue weighted by atomic mass is 10.1. The summed E-state index contributed by atoms with van der Waals surface area (Å²) in [5.74, 6) is -0.0837. The molecule has 1 aromatic heterocycles. The number of hydrogen-bond acceptors (Lipinski definition) is 4. The Morgan fingerprint density at radius 1 is 1.27 bits per heavy atom. The van der Waals surface area contributed by atoms with Crippen LogP contribution in [0, 0.1) is 0 Å². The summed E-state index contributed by atoms with van der Waals surface area (Å²) < 4.78 is 24.8. The van der Waals surface area contributed by atoms with Gasteiger partial charge in [0.25, 0.3) is 5.91 Å². The van der Waals surface area contributed by atoms with E-state index in [1.54, 1.807) is 6.20 Å². The molecule has 1 aliphatic heterocycles. The molecule has 7 heteroatoms. The minimum atomic E-state index is -3.12. The minimum Gasteiger partial charge on any atom is -0.349 e. The molecule has 0 spiro atoms. The molecule has 3 rings (SSSR count). The molecule has 2 heterocycles. The predicted molar refractivity (Wildman–Crippen MR) is 84.1 cm³/mol. The Labute approximate surface area is 129 Å². The molecule has 0 unspecified atom stereocenters. The zero-order chi connectivity index (χ0) is 15.6. The highest BCUT2D eigenvalue weighted by atomic mass is 32.2. The standard InChI is InChI=1S/C15H17N3O3S/c19-15(17-8-10-18-9-3-11-22(18,20)21)14-13-5-2-1-4-12(13)6-7-16-14/h1-2,4-7H,3,8-11H2,(H,17,19). The Balaban J connectivity index is 1.67. The highest BCUT2D eigenvalue weighted by molar-refractivity contribution is 7.89. The average Bonchev–Trinajstić information content (AvgIpc) is 2.85. The van der Waals surface area contributed by atoms with Crippen molar-refractivity contribution in [2.45, 2.75) is 6.42 Å². The zero-order valence-corrected chi connectivity index (χ0v) is 12.8. The number of aromatic nitrogens is 1. The van der Waals surface area contributed by atoms with E-state index in [1.165, 1.54) is 4.31 Å². The van der Waals surface area contributed by atoms with Crippen LogP contribution in [-0.4, -0.2) is 49.0 Å². The van der Waals surface area contributed by atoms with Gasteiger partial charge in [-0.15, -0.1) is 0 Å². The van der Waals surface area contributed by atoms with Gasteiger partial charge in [0.2, 0.25) is 10.0 Å². The van der Waals surface area contributed by atoms with Crippen molar-refractivity contribution in [2.75, 3.05) is 25.4 Å². The first-order valence-electron chi connectivity index (χ1n) is 7.18. The topological polar surface area (TPSA) is 79.4 Å². The van der Waals surface area contributed by atoms with E-state index in [2.05, 4.69) is 10.3 Å².